The van der Waals surface area contributed by atoms with Gasteiger partial charge in [-0.05, 0) is 83.6 Å². The molecule has 7 nitrogen and oxygen atoms in total. The molecule has 2 rings (SSSR count). The maximum Gasteiger partial charge on any atom is 0.262 e. The molecule has 0 saturated heterocycles. The van der Waals surface area contributed by atoms with Crippen molar-refractivity contribution in [2.24, 2.45) is 11.0 Å². The van der Waals surface area contributed by atoms with Crippen molar-refractivity contribution in [2.45, 2.75) is 46.6 Å². The molecular formula is C25H31BrClN3O4. The zero-order valence-corrected chi connectivity index (χ0v) is 22.2. The van der Waals surface area contributed by atoms with Crippen molar-refractivity contribution < 1.29 is 19.1 Å². The lowest BCUT2D eigenvalue weighted by molar-refractivity contribution is -0.123. The molecule has 2 aromatic carbocycles. The minimum Gasteiger partial charge on any atom is -0.490 e. The Hall–Kier alpha value is -2.58. The summed E-state index contributed by atoms with van der Waals surface area (Å²) in [7, 11) is 0. The Balaban J connectivity index is 2.11. The van der Waals surface area contributed by atoms with Crippen molar-refractivity contribution in [3.8, 4) is 11.5 Å². The van der Waals surface area contributed by atoms with Gasteiger partial charge in [-0.2, -0.15) is 5.10 Å². The highest BCUT2D eigenvalue weighted by Crippen LogP contribution is 2.36. The maximum atomic E-state index is 12.8. The first kappa shape index (κ1) is 27.7. The SMILES string of the molecule is CCCOc1c(Br)cc(/C=N/NC(=O)C(CC(C)C)NC(=O)c2ccc(Cl)cc2)cc1OCC. The van der Waals surface area contributed by atoms with Crippen LogP contribution in [0.15, 0.2) is 46.0 Å². The topological polar surface area (TPSA) is 89.0 Å². The summed E-state index contributed by atoms with van der Waals surface area (Å²) in [5.74, 6) is 0.650. The number of benzene rings is 2. The average Bonchev–Trinajstić information content (AvgIpc) is 2.78. The number of nitrogens with one attached hydrogen (secondary N) is 2. The Labute approximate surface area is 214 Å². The number of rotatable bonds is 12. The second-order valence-corrected chi connectivity index (χ2v) is 9.30. The Bertz CT molecular complexity index is 996. The average molecular weight is 553 g/mol. The summed E-state index contributed by atoms with van der Waals surface area (Å²) in [5.41, 5.74) is 3.67. The fraction of sp³-hybridized carbons (Fsp3) is 0.400. The summed E-state index contributed by atoms with van der Waals surface area (Å²) in [6, 6.07) is 9.37. The fourth-order valence-corrected chi connectivity index (χ4v) is 3.76. The van der Waals surface area contributed by atoms with E-state index in [1.165, 1.54) is 6.21 Å². The van der Waals surface area contributed by atoms with Gasteiger partial charge in [0.15, 0.2) is 11.5 Å². The number of carbonyl (C=O) groups is 2. The molecule has 2 aromatic rings. The van der Waals surface area contributed by atoms with E-state index in [4.69, 9.17) is 21.1 Å². The first-order valence-corrected chi connectivity index (χ1v) is 12.4. The number of hydrogen-bond acceptors (Lipinski definition) is 5. The maximum absolute atomic E-state index is 12.8. The molecule has 0 saturated carbocycles. The normalized spacial score (nSPS) is 12.0. The molecule has 0 heterocycles. The summed E-state index contributed by atoms with van der Waals surface area (Å²) >= 11 is 9.40. The molecule has 0 aliphatic carbocycles. The second kappa shape index (κ2) is 14.0. The van der Waals surface area contributed by atoms with Crippen LogP contribution in [0.5, 0.6) is 11.5 Å². The Kier molecular flexibility index (Phi) is 11.4. The van der Waals surface area contributed by atoms with E-state index < -0.39 is 11.9 Å². The molecule has 0 bridgehead atoms. The highest BCUT2D eigenvalue weighted by atomic mass is 79.9. The molecule has 0 fully saturated rings. The van der Waals surface area contributed by atoms with Crippen LogP contribution in [0.3, 0.4) is 0 Å². The number of nitrogens with zero attached hydrogens (tertiary/aromatic N) is 1. The van der Waals surface area contributed by atoms with Crippen LogP contribution in [0.4, 0.5) is 0 Å². The molecule has 2 amide bonds. The number of hydrogen-bond donors (Lipinski definition) is 2. The lowest BCUT2D eigenvalue weighted by Gasteiger charge is -2.19. The number of hydrazone groups is 1. The summed E-state index contributed by atoms with van der Waals surface area (Å²) in [5, 5.41) is 7.40. The van der Waals surface area contributed by atoms with Crippen molar-refractivity contribution in [1.29, 1.82) is 0 Å². The molecular weight excluding hydrogens is 522 g/mol. The number of carbonyl (C=O) groups excluding carboxylic acids is 2. The largest absolute Gasteiger partial charge is 0.490 e. The van der Waals surface area contributed by atoms with Gasteiger partial charge in [0.05, 0.1) is 23.9 Å². The van der Waals surface area contributed by atoms with Crippen LogP contribution in [0.25, 0.3) is 0 Å². The van der Waals surface area contributed by atoms with E-state index in [1.54, 1.807) is 30.3 Å². The van der Waals surface area contributed by atoms with Gasteiger partial charge in [0.2, 0.25) is 0 Å². The molecule has 34 heavy (non-hydrogen) atoms. The quantitative estimate of drug-likeness (QED) is 0.266. The number of amides is 2. The summed E-state index contributed by atoms with van der Waals surface area (Å²) in [4.78, 5) is 25.4. The third-order valence-corrected chi connectivity index (χ3v) is 5.45. The van der Waals surface area contributed by atoms with E-state index >= 15 is 0 Å². The van der Waals surface area contributed by atoms with E-state index in [9.17, 15) is 9.59 Å². The van der Waals surface area contributed by atoms with E-state index in [-0.39, 0.29) is 11.8 Å². The van der Waals surface area contributed by atoms with Gasteiger partial charge in [0.25, 0.3) is 11.8 Å². The van der Waals surface area contributed by atoms with Crippen molar-refractivity contribution in [2.75, 3.05) is 13.2 Å². The predicted octanol–water partition coefficient (Wildman–Crippen LogP) is 5.58. The Morgan fingerprint density at radius 1 is 1.15 bits per heavy atom. The molecule has 0 aliphatic heterocycles. The van der Waals surface area contributed by atoms with Gasteiger partial charge in [0, 0.05) is 10.6 Å². The molecule has 0 aliphatic rings. The third-order valence-electron chi connectivity index (χ3n) is 4.61. The highest BCUT2D eigenvalue weighted by Gasteiger charge is 2.22. The zero-order chi connectivity index (χ0) is 25.1. The zero-order valence-electron chi connectivity index (χ0n) is 19.9. The van der Waals surface area contributed by atoms with Gasteiger partial charge < -0.3 is 14.8 Å². The molecule has 1 unspecified atom stereocenters. The van der Waals surface area contributed by atoms with Crippen molar-refractivity contribution in [1.82, 2.24) is 10.7 Å². The van der Waals surface area contributed by atoms with Crippen LogP contribution < -0.4 is 20.2 Å². The number of ether oxygens (including phenoxy) is 2. The van der Waals surface area contributed by atoms with Gasteiger partial charge in [0.1, 0.15) is 6.04 Å². The molecule has 0 radical (unpaired) electrons. The van der Waals surface area contributed by atoms with Crippen molar-refractivity contribution >= 4 is 45.6 Å². The molecule has 2 N–H and O–H groups in total. The first-order valence-electron chi connectivity index (χ1n) is 11.2. The minimum atomic E-state index is -0.740. The van der Waals surface area contributed by atoms with E-state index in [0.29, 0.717) is 47.3 Å². The third kappa shape index (κ3) is 8.65. The summed E-state index contributed by atoms with van der Waals surface area (Å²) < 4.78 is 12.2. The summed E-state index contributed by atoms with van der Waals surface area (Å²) in [6.07, 6.45) is 2.85. The van der Waals surface area contributed by atoms with Gasteiger partial charge in [-0.15, -0.1) is 0 Å². The standard InChI is InChI=1S/C25H31BrClN3O4/c1-5-11-34-23-20(26)13-17(14-22(23)33-6-2)15-28-30-25(32)21(12-16(3)4)29-24(31)18-7-9-19(27)10-8-18/h7-10,13-16,21H,5-6,11-12H2,1-4H3,(H,29,31)(H,30,32)/b28-15+. The smallest absolute Gasteiger partial charge is 0.262 e. The van der Waals surface area contributed by atoms with Crippen molar-refractivity contribution in [3.63, 3.8) is 0 Å². The van der Waals surface area contributed by atoms with E-state index in [2.05, 4.69) is 31.8 Å². The lowest BCUT2D eigenvalue weighted by atomic mass is 10.0. The summed E-state index contributed by atoms with van der Waals surface area (Å²) in [6.45, 7) is 8.94. The minimum absolute atomic E-state index is 0.186. The monoisotopic (exact) mass is 551 g/mol. The molecule has 184 valence electrons. The lowest BCUT2D eigenvalue weighted by Crippen LogP contribution is -2.46. The van der Waals surface area contributed by atoms with E-state index in [1.807, 2.05) is 33.8 Å². The Morgan fingerprint density at radius 2 is 1.85 bits per heavy atom. The van der Waals surface area contributed by atoms with Gasteiger partial charge in [-0.1, -0.05) is 32.4 Å². The molecule has 1 atom stereocenters. The highest BCUT2D eigenvalue weighted by molar-refractivity contribution is 9.10. The fourth-order valence-electron chi connectivity index (χ4n) is 3.06. The number of halogens is 2. The van der Waals surface area contributed by atoms with Crippen LogP contribution in [-0.4, -0.2) is 37.3 Å². The first-order chi connectivity index (χ1) is 16.2. The van der Waals surface area contributed by atoms with Crippen LogP contribution in [0.1, 0.15) is 56.5 Å². The Morgan fingerprint density at radius 3 is 2.47 bits per heavy atom. The second-order valence-electron chi connectivity index (χ2n) is 8.01. The van der Waals surface area contributed by atoms with E-state index in [0.717, 1.165) is 10.9 Å². The van der Waals surface area contributed by atoms with Crippen molar-refractivity contribution in [3.05, 3.63) is 57.0 Å². The van der Waals surface area contributed by atoms with Gasteiger partial charge >= 0.3 is 0 Å². The van der Waals surface area contributed by atoms with Gasteiger partial charge in [-0.25, -0.2) is 5.43 Å². The molecule has 0 aromatic heterocycles. The molecule has 0 spiro atoms. The van der Waals surface area contributed by atoms with Crippen LogP contribution in [0.2, 0.25) is 5.02 Å². The van der Waals surface area contributed by atoms with Gasteiger partial charge in [-0.3, -0.25) is 9.59 Å². The van der Waals surface area contributed by atoms with Crippen LogP contribution in [-0.2, 0) is 4.79 Å². The van der Waals surface area contributed by atoms with Crippen LogP contribution in [0, 0.1) is 5.92 Å². The predicted molar refractivity (Wildman–Crippen MR) is 139 cm³/mol. The molecule has 9 heteroatoms. The van der Waals surface area contributed by atoms with Crippen LogP contribution >= 0.6 is 27.5 Å².